The molecule has 2 heterocycles. The van der Waals surface area contributed by atoms with E-state index in [0.29, 0.717) is 22.1 Å². The molecule has 0 radical (unpaired) electrons. The summed E-state index contributed by atoms with van der Waals surface area (Å²) in [6.45, 7) is -2.84. The highest BCUT2D eigenvalue weighted by Gasteiger charge is 2.29. The van der Waals surface area contributed by atoms with Gasteiger partial charge in [0, 0.05) is 35.2 Å². The molecule has 49 heavy (non-hydrogen) atoms. The van der Waals surface area contributed by atoms with Crippen LogP contribution in [0.2, 0.25) is 0 Å². The summed E-state index contributed by atoms with van der Waals surface area (Å²) in [4.78, 5) is 26.4. The van der Waals surface area contributed by atoms with E-state index >= 15 is 0 Å². The highest BCUT2D eigenvalue weighted by Crippen LogP contribution is 2.32. The molecule has 0 atom stereocenters. The Kier molecular flexibility index (Phi) is 12.7. The smallest absolute Gasteiger partial charge is 0.266 e. The molecule has 0 amide bonds. The maximum absolute atomic E-state index is 11.3. The second kappa shape index (κ2) is 16.7. The molecule has 2 aromatic heterocycles. The van der Waals surface area contributed by atoms with E-state index in [1.807, 2.05) is 0 Å². The van der Waals surface area contributed by atoms with Crippen molar-refractivity contribution < 1.29 is 46.4 Å². The number of nitrogens with one attached hydrogen (secondary N) is 4. The molecule has 0 aliphatic heterocycles. The lowest BCUT2D eigenvalue weighted by Crippen LogP contribution is -2.51. The molecule has 23 heteroatoms. The first-order valence-corrected chi connectivity index (χ1v) is 17.7. The lowest BCUT2D eigenvalue weighted by Gasteiger charge is -2.35. The third kappa shape index (κ3) is 10.7. The van der Waals surface area contributed by atoms with Crippen LogP contribution in [0.5, 0.6) is 0 Å². The van der Waals surface area contributed by atoms with Crippen molar-refractivity contribution in [2.45, 2.75) is 12.1 Å². The van der Waals surface area contributed by atoms with Crippen LogP contribution in [-0.4, -0.2) is 139 Å². The van der Waals surface area contributed by atoms with Crippen molar-refractivity contribution in [2.75, 3.05) is 77.2 Å². The first kappa shape index (κ1) is 37.2. The number of anilines is 7. The van der Waals surface area contributed by atoms with Crippen LogP contribution in [0, 0.1) is 0 Å². The summed E-state index contributed by atoms with van der Waals surface area (Å²) < 4.78 is 62.7. The summed E-state index contributed by atoms with van der Waals surface area (Å²) in [5.74, 6) is -1.46. The third-order valence-corrected chi connectivity index (χ3v) is 8.20. The monoisotopic (exact) mass is 725 g/mol. The molecule has 4 rings (SSSR count). The van der Waals surface area contributed by atoms with Crippen LogP contribution in [-0.2, 0) is 20.2 Å². The summed E-state index contributed by atoms with van der Waals surface area (Å²) in [6.07, 6.45) is 1.21. The Balaban J connectivity index is 1.69. The predicted molar refractivity (Wildman–Crippen MR) is 178 cm³/mol. The molecule has 0 fully saturated rings. The lowest BCUT2D eigenvalue weighted by atomic mass is 10.1. The molecule has 0 saturated heterocycles. The van der Waals surface area contributed by atoms with Crippen LogP contribution in [0.15, 0.2) is 42.7 Å². The maximum atomic E-state index is 11.3. The van der Waals surface area contributed by atoms with Gasteiger partial charge in [-0.3, -0.25) is 9.11 Å². The number of nitrogens with zero attached hydrogens (tertiary/aromatic N) is 7. The number of aromatic nitrogens is 6. The Hall–Kier alpha value is -4.62. The fraction of sp³-hybridized carbons (Fsp3) is 0.385. The Morgan fingerprint density at radius 2 is 1.06 bits per heavy atom. The van der Waals surface area contributed by atoms with Crippen molar-refractivity contribution in [1.29, 1.82) is 0 Å². The van der Waals surface area contributed by atoms with E-state index in [1.165, 1.54) is 11.2 Å². The molecule has 4 aromatic rings. The van der Waals surface area contributed by atoms with Crippen LogP contribution >= 0.6 is 0 Å². The standard InChI is InChI=1S/C26H35N11O10S2/c38-11-16(12-39)37(17(13-40)14-41)26-35-23(28-8-10-49(45,46)47)34-25(36-26)32-21-6-2-3-18-19(21)4-1-5-20(18)31-24-30-15-29-22(33-24)27-7-9-48(42,43)44/h1-6,15-17,38-41H,7-14H2,(H,42,43,44)(H,45,46,47)(H2,27,29,30,31,33)(H2,28,32,34,35,36). The zero-order valence-corrected chi connectivity index (χ0v) is 27.2. The van der Waals surface area contributed by atoms with E-state index in [9.17, 15) is 37.3 Å². The summed E-state index contributed by atoms with van der Waals surface area (Å²) in [7, 11) is -8.51. The van der Waals surface area contributed by atoms with Gasteiger partial charge in [-0.2, -0.15) is 36.8 Å². The van der Waals surface area contributed by atoms with Crippen LogP contribution in [0.3, 0.4) is 0 Å². The molecule has 0 aliphatic carbocycles. The number of aliphatic hydroxyl groups excluding tert-OH is 4. The van der Waals surface area contributed by atoms with Gasteiger partial charge in [0.15, 0.2) is 0 Å². The van der Waals surface area contributed by atoms with E-state index in [1.54, 1.807) is 36.4 Å². The molecular weight excluding hydrogens is 690 g/mol. The number of fused-ring (bicyclic) bond motifs is 1. The van der Waals surface area contributed by atoms with Crippen molar-refractivity contribution in [3.05, 3.63) is 42.7 Å². The Bertz CT molecular complexity index is 1920. The number of hydrogen-bond donors (Lipinski definition) is 10. The van der Waals surface area contributed by atoms with Gasteiger partial charge in [-0.25, -0.2) is 9.97 Å². The van der Waals surface area contributed by atoms with E-state index in [0.717, 1.165) is 0 Å². The lowest BCUT2D eigenvalue weighted by molar-refractivity contribution is 0.142. The highest BCUT2D eigenvalue weighted by atomic mass is 32.2. The Morgan fingerprint density at radius 3 is 1.57 bits per heavy atom. The van der Waals surface area contributed by atoms with Gasteiger partial charge in [0.1, 0.15) is 6.33 Å². The summed E-state index contributed by atoms with van der Waals surface area (Å²) in [5.41, 5.74) is 1.05. The predicted octanol–water partition coefficient (Wildman–Crippen LogP) is -1.19. The zero-order chi connectivity index (χ0) is 35.6. The molecule has 0 spiro atoms. The molecule has 0 saturated carbocycles. The quantitative estimate of drug-likeness (QED) is 0.0508. The van der Waals surface area contributed by atoms with Gasteiger partial charge < -0.3 is 46.6 Å². The van der Waals surface area contributed by atoms with Gasteiger partial charge in [-0.15, -0.1) is 0 Å². The minimum atomic E-state index is -4.33. The van der Waals surface area contributed by atoms with E-state index in [4.69, 9.17) is 9.11 Å². The molecule has 2 aromatic carbocycles. The first-order chi connectivity index (χ1) is 23.3. The van der Waals surface area contributed by atoms with Gasteiger partial charge in [-0.05, 0) is 12.1 Å². The SMILES string of the molecule is O=S(=O)(O)CCNc1ncnc(Nc2cccc3c(Nc4nc(NCCS(=O)(=O)O)nc(N(C(CO)CO)C(CO)CO)n4)cccc23)n1. The second-order valence-electron chi connectivity index (χ2n) is 10.2. The molecule has 10 N–H and O–H groups in total. The summed E-state index contributed by atoms with van der Waals surface area (Å²) in [6, 6.07) is 8.43. The molecule has 21 nitrogen and oxygen atoms in total. The molecule has 0 aliphatic rings. The van der Waals surface area contributed by atoms with Gasteiger partial charge in [0.25, 0.3) is 20.2 Å². The van der Waals surface area contributed by atoms with E-state index in [2.05, 4.69) is 51.2 Å². The van der Waals surface area contributed by atoms with Crippen molar-refractivity contribution >= 4 is 72.1 Å². The second-order valence-corrected chi connectivity index (χ2v) is 13.4. The van der Waals surface area contributed by atoms with Crippen molar-refractivity contribution in [1.82, 2.24) is 29.9 Å². The molecule has 266 valence electrons. The molecular formula is C26H35N11O10S2. The van der Waals surface area contributed by atoms with Crippen LogP contribution in [0.1, 0.15) is 0 Å². The van der Waals surface area contributed by atoms with Crippen LogP contribution < -0.4 is 26.2 Å². The first-order valence-electron chi connectivity index (χ1n) is 14.4. The van der Waals surface area contributed by atoms with Gasteiger partial charge in [-0.1, -0.05) is 24.3 Å². The largest absolute Gasteiger partial charge is 0.394 e. The van der Waals surface area contributed by atoms with Crippen molar-refractivity contribution in [2.24, 2.45) is 0 Å². The van der Waals surface area contributed by atoms with Gasteiger partial charge >= 0.3 is 0 Å². The van der Waals surface area contributed by atoms with E-state index < -0.39 is 70.3 Å². The van der Waals surface area contributed by atoms with Crippen LogP contribution in [0.4, 0.5) is 41.1 Å². The van der Waals surface area contributed by atoms with Crippen LogP contribution in [0.25, 0.3) is 10.8 Å². The number of rotatable bonds is 19. The normalized spacial score (nSPS) is 12.0. The van der Waals surface area contributed by atoms with Crippen molar-refractivity contribution in [3.63, 3.8) is 0 Å². The van der Waals surface area contributed by atoms with Crippen molar-refractivity contribution in [3.8, 4) is 0 Å². The number of hydrogen-bond acceptors (Lipinski definition) is 19. The minimum Gasteiger partial charge on any atom is -0.394 e. The number of aliphatic hydroxyl groups is 4. The average Bonchev–Trinajstić information content (AvgIpc) is 3.04. The number of benzene rings is 2. The molecule has 0 bridgehead atoms. The van der Waals surface area contributed by atoms with E-state index in [-0.39, 0.29) is 42.8 Å². The Labute approximate surface area is 280 Å². The topological polar surface area (TPSA) is 318 Å². The summed E-state index contributed by atoms with van der Waals surface area (Å²) >= 11 is 0. The minimum absolute atomic E-state index is 0.0682. The van der Waals surface area contributed by atoms with Gasteiger partial charge in [0.05, 0.1) is 50.0 Å². The maximum Gasteiger partial charge on any atom is 0.266 e. The van der Waals surface area contributed by atoms with Gasteiger partial charge in [0.2, 0.25) is 29.7 Å². The zero-order valence-electron chi connectivity index (χ0n) is 25.6. The fourth-order valence-electron chi connectivity index (χ4n) is 4.50. The Morgan fingerprint density at radius 1 is 0.612 bits per heavy atom. The average molecular weight is 726 g/mol. The highest BCUT2D eigenvalue weighted by molar-refractivity contribution is 7.86. The third-order valence-electron chi connectivity index (χ3n) is 6.76. The summed E-state index contributed by atoms with van der Waals surface area (Å²) in [5, 5.41) is 52.5. The molecule has 0 unspecified atom stereocenters. The fourth-order valence-corrected chi connectivity index (χ4v) is 5.22.